The Bertz CT molecular complexity index is 1080. The minimum Gasteiger partial charge on any atom is -0.382 e. The number of nitrogens with two attached hydrogens (primary N) is 1. The lowest BCUT2D eigenvalue weighted by molar-refractivity contribution is -0.116. The molecule has 2 aromatic heterocycles. The SMILES string of the molecule is C=CC(=O)NC1Nc2ncnc(N)c2N(c2cnc3ccccc3c2)C1=C. The van der Waals surface area contributed by atoms with E-state index in [1.54, 1.807) is 11.1 Å². The second-order valence-corrected chi connectivity index (χ2v) is 5.96. The predicted octanol–water partition coefficient (Wildman–Crippen LogP) is 2.31. The third-order valence-corrected chi connectivity index (χ3v) is 4.28. The zero-order chi connectivity index (χ0) is 19.0. The average Bonchev–Trinajstić information content (AvgIpc) is 2.69. The number of anilines is 4. The van der Waals surface area contributed by atoms with Crippen molar-refractivity contribution in [2.24, 2.45) is 0 Å². The summed E-state index contributed by atoms with van der Waals surface area (Å²) >= 11 is 0. The van der Waals surface area contributed by atoms with Crippen molar-refractivity contribution in [3.05, 3.63) is 67.8 Å². The molecular weight excluding hydrogens is 342 g/mol. The molecule has 0 saturated carbocycles. The van der Waals surface area contributed by atoms with Crippen LogP contribution in [-0.2, 0) is 4.79 Å². The van der Waals surface area contributed by atoms with E-state index < -0.39 is 6.17 Å². The first kappa shape index (κ1) is 16.5. The van der Waals surface area contributed by atoms with Gasteiger partial charge in [-0.25, -0.2) is 9.97 Å². The Morgan fingerprint density at radius 2 is 2.11 bits per heavy atom. The summed E-state index contributed by atoms with van der Waals surface area (Å²) in [6, 6.07) is 9.75. The second kappa shape index (κ2) is 6.41. The maximum Gasteiger partial charge on any atom is 0.245 e. The first-order valence-electron chi connectivity index (χ1n) is 8.22. The van der Waals surface area contributed by atoms with E-state index in [0.29, 0.717) is 17.2 Å². The molecular formula is C19H17N7O. The fourth-order valence-corrected chi connectivity index (χ4v) is 3.01. The molecule has 1 aromatic carbocycles. The minimum absolute atomic E-state index is 0.287. The molecule has 3 heterocycles. The van der Waals surface area contributed by atoms with Crippen molar-refractivity contribution in [3.63, 3.8) is 0 Å². The van der Waals surface area contributed by atoms with E-state index in [-0.39, 0.29) is 11.7 Å². The number of nitrogen functional groups attached to an aromatic ring is 1. The number of benzene rings is 1. The first-order chi connectivity index (χ1) is 13.1. The van der Waals surface area contributed by atoms with Crippen LogP contribution in [0.4, 0.5) is 23.0 Å². The number of hydrogen-bond donors (Lipinski definition) is 3. The van der Waals surface area contributed by atoms with Gasteiger partial charge in [-0.3, -0.25) is 9.78 Å². The molecule has 1 aliphatic rings. The normalized spacial score (nSPS) is 15.8. The van der Waals surface area contributed by atoms with Crippen LogP contribution in [-0.4, -0.2) is 27.0 Å². The first-order valence-corrected chi connectivity index (χ1v) is 8.22. The van der Waals surface area contributed by atoms with E-state index in [4.69, 9.17) is 5.73 Å². The van der Waals surface area contributed by atoms with Crippen molar-refractivity contribution in [2.75, 3.05) is 16.0 Å². The number of amides is 1. The van der Waals surface area contributed by atoms with Crippen molar-refractivity contribution in [1.82, 2.24) is 20.3 Å². The van der Waals surface area contributed by atoms with Gasteiger partial charge >= 0.3 is 0 Å². The molecule has 0 radical (unpaired) electrons. The highest BCUT2D eigenvalue weighted by Crippen LogP contribution is 2.42. The number of carbonyl (C=O) groups is 1. The number of aromatic nitrogens is 3. The van der Waals surface area contributed by atoms with Crippen LogP contribution in [0.3, 0.4) is 0 Å². The quantitative estimate of drug-likeness (QED) is 0.616. The highest BCUT2D eigenvalue weighted by atomic mass is 16.1. The van der Waals surface area contributed by atoms with Gasteiger partial charge in [0.05, 0.1) is 23.1 Å². The van der Waals surface area contributed by atoms with Crippen molar-refractivity contribution in [2.45, 2.75) is 6.17 Å². The van der Waals surface area contributed by atoms with Crippen LogP contribution in [0.15, 0.2) is 67.8 Å². The van der Waals surface area contributed by atoms with E-state index >= 15 is 0 Å². The Hall–Kier alpha value is -3.94. The third-order valence-electron chi connectivity index (χ3n) is 4.28. The molecule has 1 atom stereocenters. The molecule has 27 heavy (non-hydrogen) atoms. The smallest absolute Gasteiger partial charge is 0.245 e. The summed E-state index contributed by atoms with van der Waals surface area (Å²) in [6.45, 7) is 7.62. The van der Waals surface area contributed by atoms with Gasteiger partial charge in [0.1, 0.15) is 18.2 Å². The summed E-state index contributed by atoms with van der Waals surface area (Å²) < 4.78 is 0. The fraction of sp³-hybridized carbons (Fsp3) is 0.0526. The van der Waals surface area contributed by atoms with E-state index in [0.717, 1.165) is 16.6 Å². The summed E-state index contributed by atoms with van der Waals surface area (Å²) in [5.74, 6) is 0.434. The lowest BCUT2D eigenvalue weighted by Crippen LogP contribution is -2.48. The topological polar surface area (TPSA) is 109 Å². The Labute approximate surface area is 155 Å². The fourth-order valence-electron chi connectivity index (χ4n) is 3.01. The summed E-state index contributed by atoms with van der Waals surface area (Å²) in [5.41, 5.74) is 8.84. The lowest BCUT2D eigenvalue weighted by atomic mass is 10.1. The highest BCUT2D eigenvalue weighted by Gasteiger charge is 2.32. The second-order valence-electron chi connectivity index (χ2n) is 5.96. The highest BCUT2D eigenvalue weighted by molar-refractivity contribution is 5.92. The Morgan fingerprint density at radius 3 is 2.93 bits per heavy atom. The molecule has 0 aliphatic carbocycles. The van der Waals surface area contributed by atoms with Crippen molar-refractivity contribution in [3.8, 4) is 0 Å². The maximum atomic E-state index is 11.8. The van der Waals surface area contributed by atoms with Gasteiger partial charge in [-0.2, -0.15) is 0 Å². The molecule has 1 amide bonds. The van der Waals surface area contributed by atoms with Crippen LogP contribution in [0.5, 0.6) is 0 Å². The number of rotatable bonds is 3. The number of pyridine rings is 1. The van der Waals surface area contributed by atoms with E-state index in [9.17, 15) is 4.79 Å². The molecule has 8 heteroatoms. The van der Waals surface area contributed by atoms with Crippen molar-refractivity contribution < 1.29 is 4.79 Å². The number of para-hydroxylation sites is 1. The van der Waals surface area contributed by atoms with E-state index in [2.05, 4.69) is 38.7 Å². The molecule has 0 spiro atoms. The zero-order valence-corrected chi connectivity index (χ0v) is 14.4. The van der Waals surface area contributed by atoms with Gasteiger partial charge in [0.15, 0.2) is 11.6 Å². The molecule has 4 rings (SSSR count). The summed E-state index contributed by atoms with van der Waals surface area (Å²) in [6.07, 6.45) is 3.68. The molecule has 0 fully saturated rings. The number of carbonyl (C=O) groups excluding carboxylic acids is 1. The number of hydrogen-bond acceptors (Lipinski definition) is 7. The van der Waals surface area contributed by atoms with Gasteiger partial charge < -0.3 is 21.3 Å². The van der Waals surface area contributed by atoms with E-state index in [1.165, 1.54) is 12.4 Å². The van der Waals surface area contributed by atoms with Gasteiger partial charge in [-0.1, -0.05) is 31.4 Å². The molecule has 0 bridgehead atoms. The molecule has 3 aromatic rings. The number of nitrogens with zero attached hydrogens (tertiary/aromatic N) is 4. The summed E-state index contributed by atoms with van der Waals surface area (Å²) in [4.78, 5) is 26.5. The number of nitrogens with one attached hydrogen (secondary N) is 2. The number of fused-ring (bicyclic) bond motifs is 2. The van der Waals surface area contributed by atoms with Gasteiger partial charge in [0.2, 0.25) is 5.91 Å². The Balaban J connectivity index is 1.86. The van der Waals surface area contributed by atoms with Crippen molar-refractivity contribution in [1.29, 1.82) is 0 Å². The van der Waals surface area contributed by atoms with Gasteiger partial charge in [-0.15, -0.1) is 0 Å². The summed E-state index contributed by atoms with van der Waals surface area (Å²) in [7, 11) is 0. The van der Waals surface area contributed by atoms with Crippen molar-refractivity contribution >= 4 is 39.8 Å². The van der Waals surface area contributed by atoms with Crippen LogP contribution in [0.2, 0.25) is 0 Å². The maximum absolute atomic E-state index is 11.8. The molecule has 134 valence electrons. The van der Waals surface area contributed by atoms with Gasteiger partial charge in [0, 0.05) is 5.39 Å². The van der Waals surface area contributed by atoms with Gasteiger partial charge in [-0.05, 0) is 18.2 Å². The Morgan fingerprint density at radius 1 is 1.30 bits per heavy atom. The van der Waals surface area contributed by atoms with E-state index in [1.807, 2.05) is 30.3 Å². The molecule has 4 N–H and O–H groups in total. The van der Waals surface area contributed by atoms with Crippen LogP contribution < -0.4 is 21.3 Å². The standard InChI is InChI=1S/C19H17N7O/c1-3-15(27)24-18-11(2)26(16-17(20)22-10-23-19(16)25-18)13-8-12-6-4-5-7-14(12)21-9-13/h3-10,18H,1-2H2,(H,24,27)(H3,20,22,23,25). The van der Waals surface area contributed by atoms with Crippen LogP contribution in [0.25, 0.3) is 10.9 Å². The third kappa shape index (κ3) is 2.82. The Kier molecular flexibility index (Phi) is 3.92. The molecule has 0 saturated heterocycles. The molecule has 1 aliphatic heterocycles. The average molecular weight is 359 g/mol. The van der Waals surface area contributed by atoms with Crippen LogP contribution in [0.1, 0.15) is 0 Å². The molecule has 8 nitrogen and oxygen atoms in total. The predicted molar refractivity (Wildman–Crippen MR) is 105 cm³/mol. The van der Waals surface area contributed by atoms with Crippen LogP contribution in [0, 0.1) is 0 Å². The van der Waals surface area contributed by atoms with Crippen LogP contribution >= 0.6 is 0 Å². The largest absolute Gasteiger partial charge is 0.382 e. The minimum atomic E-state index is -0.594. The summed E-state index contributed by atoms with van der Waals surface area (Å²) in [5, 5.41) is 6.86. The monoisotopic (exact) mass is 359 g/mol. The molecule has 1 unspecified atom stereocenters. The van der Waals surface area contributed by atoms with Gasteiger partial charge in [0.25, 0.3) is 0 Å². The lowest BCUT2D eigenvalue weighted by Gasteiger charge is -2.38. The zero-order valence-electron chi connectivity index (χ0n) is 14.4.